The van der Waals surface area contributed by atoms with Crippen molar-refractivity contribution in [3.05, 3.63) is 0 Å². The SMILES string of the molecule is CC(C)(C)CNC1CC(CC(F)(F)F)CN(CCN)C1. The fourth-order valence-corrected chi connectivity index (χ4v) is 2.74. The van der Waals surface area contributed by atoms with Gasteiger partial charge in [0.25, 0.3) is 0 Å². The summed E-state index contributed by atoms with van der Waals surface area (Å²) in [5, 5.41) is 3.42. The largest absolute Gasteiger partial charge is 0.389 e. The highest BCUT2D eigenvalue weighted by atomic mass is 19.4. The third-order valence-corrected chi connectivity index (χ3v) is 3.50. The molecule has 0 bridgehead atoms. The van der Waals surface area contributed by atoms with Gasteiger partial charge in [-0.2, -0.15) is 13.2 Å². The summed E-state index contributed by atoms with van der Waals surface area (Å²) in [6.45, 7) is 9.63. The maximum atomic E-state index is 12.6. The summed E-state index contributed by atoms with van der Waals surface area (Å²) in [6.07, 6.45) is -4.18. The number of nitrogens with zero attached hydrogens (tertiary/aromatic N) is 1. The Morgan fingerprint density at radius 3 is 2.35 bits per heavy atom. The van der Waals surface area contributed by atoms with Crippen LogP contribution in [0, 0.1) is 11.3 Å². The van der Waals surface area contributed by atoms with Crippen LogP contribution in [0.2, 0.25) is 0 Å². The highest BCUT2D eigenvalue weighted by molar-refractivity contribution is 4.85. The second kappa shape index (κ2) is 7.09. The van der Waals surface area contributed by atoms with Gasteiger partial charge in [-0.1, -0.05) is 20.8 Å². The molecule has 1 rings (SSSR count). The number of halogens is 3. The molecule has 1 fully saturated rings. The van der Waals surface area contributed by atoms with Crippen molar-refractivity contribution in [3.8, 4) is 0 Å². The number of nitrogens with one attached hydrogen (secondary N) is 1. The van der Waals surface area contributed by atoms with Crippen molar-refractivity contribution < 1.29 is 13.2 Å². The summed E-state index contributed by atoms with van der Waals surface area (Å²) in [4.78, 5) is 2.06. The van der Waals surface area contributed by atoms with Gasteiger partial charge in [-0.3, -0.25) is 0 Å². The zero-order chi connectivity index (χ0) is 15.4. The Morgan fingerprint density at radius 2 is 1.85 bits per heavy atom. The lowest BCUT2D eigenvalue weighted by Crippen LogP contribution is -2.52. The molecule has 0 radical (unpaired) electrons. The van der Waals surface area contributed by atoms with E-state index in [9.17, 15) is 13.2 Å². The second-order valence-corrected chi connectivity index (χ2v) is 7.11. The smallest absolute Gasteiger partial charge is 0.329 e. The number of hydrogen-bond donors (Lipinski definition) is 2. The van der Waals surface area contributed by atoms with E-state index in [1.165, 1.54) is 0 Å². The molecule has 0 aliphatic carbocycles. The van der Waals surface area contributed by atoms with Crippen LogP contribution in [0.15, 0.2) is 0 Å². The zero-order valence-electron chi connectivity index (χ0n) is 12.8. The third-order valence-electron chi connectivity index (χ3n) is 3.50. The molecule has 0 spiro atoms. The molecule has 20 heavy (non-hydrogen) atoms. The van der Waals surface area contributed by atoms with Gasteiger partial charge >= 0.3 is 6.18 Å². The first kappa shape index (κ1) is 17.7. The summed E-state index contributed by atoms with van der Waals surface area (Å²) in [7, 11) is 0. The average Bonchev–Trinajstić information content (AvgIpc) is 2.23. The Bertz CT molecular complexity index is 286. The van der Waals surface area contributed by atoms with Gasteiger partial charge in [-0.25, -0.2) is 0 Å². The second-order valence-electron chi connectivity index (χ2n) is 7.11. The van der Waals surface area contributed by atoms with Gasteiger partial charge in [0.2, 0.25) is 0 Å². The fraction of sp³-hybridized carbons (Fsp3) is 1.00. The van der Waals surface area contributed by atoms with Crippen LogP contribution in [-0.2, 0) is 0 Å². The molecule has 1 aliphatic rings. The lowest BCUT2D eigenvalue weighted by atomic mass is 9.90. The third kappa shape index (κ3) is 7.45. The number of rotatable bonds is 5. The van der Waals surface area contributed by atoms with Crippen LogP contribution in [0.5, 0.6) is 0 Å². The zero-order valence-corrected chi connectivity index (χ0v) is 12.8. The molecule has 0 aromatic rings. The minimum absolute atomic E-state index is 0.127. The number of nitrogens with two attached hydrogens (primary N) is 1. The lowest BCUT2D eigenvalue weighted by Gasteiger charge is -2.39. The van der Waals surface area contributed by atoms with Gasteiger partial charge in [0.1, 0.15) is 0 Å². The van der Waals surface area contributed by atoms with Crippen molar-refractivity contribution >= 4 is 0 Å². The van der Waals surface area contributed by atoms with Crippen molar-refractivity contribution in [2.24, 2.45) is 17.1 Å². The van der Waals surface area contributed by atoms with Gasteiger partial charge in [0, 0.05) is 45.2 Å². The first-order valence-corrected chi connectivity index (χ1v) is 7.31. The highest BCUT2D eigenvalue weighted by Crippen LogP contribution is 2.30. The van der Waals surface area contributed by atoms with Gasteiger partial charge < -0.3 is 16.0 Å². The molecule has 3 nitrogen and oxygen atoms in total. The molecule has 0 amide bonds. The monoisotopic (exact) mass is 295 g/mol. The number of likely N-dealkylation sites (tertiary alicyclic amines) is 1. The van der Waals surface area contributed by atoms with E-state index in [2.05, 4.69) is 31.0 Å². The Balaban J connectivity index is 2.56. The molecule has 0 saturated carbocycles. The fourth-order valence-electron chi connectivity index (χ4n) is 2.74. The summed E-state index contributed by atoms with van der Waals surface area (Å²) in [5.74, 6) is -0.326. The molecular weight excluding hydrogens is 267 g/mol. The topological polar surface area (TPSA) is 41.3 Å². The molecular formula is C14H28F3N3. The average molecular weight is 295 g/mol. The summed E-state index contributed by atoms with van der Waals surface area (Å²) < 4.78 is 37.8. The summed E-state index contributed by atoms with van der Waals surface area (Å²) >= 11 is 0. The minimum atomic E-state index is -4.08. The van der Waals surface area contributed by atoms with Crippen molar-refractivity contribution in [1.29, 1.82) is 0 Å². The van der Waals surface area contributed by atoms with Crippen molar-refractivity contribution in [2.75, 3.05) is 32.7 Å². The van der Waals surface area contributed by atoms with Gasteiger partial charge in [0.05, 0.1) is 0 Å². The van der Waals surface area contributed by atoms with Gasteiger partial charge in [-0.15, -0.1) is 0 Å². The molecule has 120 valence electrons. The van der Waals surface area contributed by atoms with E-state index in [0.717, 1.165) is 13.1 Å². The molecule has 1 aliphatic heterocycles. The highest BCUT2D eigenvalue weighted by Gasteiger charge is 2.36. The van der Waals surface area contributed by atoms with Crippen LogP contribution < -0.4 is 11.1 Å². The minimum Gasteiger partial charge on any atom is -0.329 e. The van der Waals surface area contributed by atoms with E-state index < -0.39 is 12.6 Å². The quantitative estimate of drug-likeness (QED) is 0.817. The molecule has 6 heteroatoms. The Hall–Kier alpha value is -0.330. The Kier molecular flexibility index (Phi) is 6.28. The predicted molar refractivity (Wildman–Crippen MR) is 75.5 cm³/mol. The van der Waals surface area contributed by atoms with E-state index in [4.69, 9.17) is 5.73 Å². The van der Waals surface area contributed by atoms with Crippen LogP contribution in [0.3, 0.4) is 0 Å². The van der Waals surface area contributed by atoms with E-state index in [0.29, 0.717) is 26.1 Å². The lowest BCUT2D eigenvalue weighted by molar-refractivity contribution is -0.148. The van der Waals surface area contributed by atoms with Crippen LogP contribution in [0.4, 0.5) is 13.2 Å². The van der Waals surface area contributed by atoms with Crippen molar-refractivity contribution in [1.82, 2.24) is 10.2 Å². The van der Waals surface area contributed by atoms with Crippen molar-refractivity contribution in [2.45, 2.75) is 45.8 Å². The predicted octanol–water partition coefficient (Wildman–Crippen LogP) is 2.22. The summed E-state index contributed by atoms with van der Waals surface area (Å²) in [6, 6.07) is 0.127. The first-order chi connectivity index (χ1) is 9.09. The molecule has 0 aromatic heterocycles. The number of piperidine rings is 1. The maximum Gasteiger partial charge on any atom is 0.389 e. The molecule has 1 heterocycles. The standard InChI is InChI=1S/C14H28F3N3/c1-13(2,3)10-19-12-6-11(7-14(15,16)17)8-20(9-12)5-4-18/h11-12,19H,4-10,18H2,1-3H3. The van der Waals surface area contributed by atoms with Crippen LogP contribution in [-0.4, -0.2) is 49.8 Å². The van der Waals surface area contributed by atoms with Gasteiger partial charge in [0.15, 0.2) is 0 Å². The Morgan fingerprint density at radius 1 is 1.20 bits per heavy atom. The molecule has 0 aromatic carbocycles. The van der Waals surface area contributed by atoms with Crippen LogP contribution in [0.25, 0.3) is 0 Å². The van der Waals surface area contributed by atoms with Gasteiger partial charge in [-0.05, 0) is 17.8 Å². The number of hydrogen-bond acceptors (Lipinski definition) is 3. The molecule has 2 unspecified atom stereocenters. The van der Waals surface area contributed by atoms with E-state index in [-0.39, 0.29) is 17.4 Å². The Labute approximate surface area is 120 Å². The normalized spacial score (nSPS) is 25.9. The first-order valence-electron chi connectivity index (χ1n) is 7.31. The van der Waals surface area contributed by atoms with Crippen molar-refractivity contribution in [3.63, 3.8) is 0 Å². The van der Waals surface area contributed by atoms with Crippen LogP contribution >= 0.6 is 0 Å². The van der Waals surface area contributed by atoms with E-state index in [1.807, 2.05) is 0 Å². The van der Waals surface area contributed by atoms with E-state index in [1.54, 1.807) is 0 Å². The van der Waals surface area contributed by atoms with E-state index >= 15 is 0 Å². The van der Waals surface area contributed by atoms with Crippen LogP contribution in [0.1, 0.15) is 33.6 Å². The molecule has 3 N–H and O–H groups in total. The number of alkyl halides is 3. The maximum absolute atomic E-state index is 12.6. The molecule has 2 atom stereocenters. The molecule has 1 saturated heterocycles. The summed E-state index contributed by atoms with van der Waals surface area (Å²) in [5.41, 5.74) is 5.67.